The van der Waals surface area contributed by atoms with Gasteiger partial charge in [-0.15, -0.1) is 0 Å². The van der Waals surface area contributed by atoms with Crippen molar-refractivity contribution < 1.29 is 23.1 Å². The number of halogens is 3. The molecule has 1 amide bonds. The van der Waals surface area contributed by atoms with Gasteiger partial charge in [-0.2, -0.15) is 13.2 Å². The molecule has 0 aromatic heterocycles. The Bertz CT molecular complexity index is 407. The molecule has 110 valence electrons. The Balaban J connectivity index is 2.22. The molecule has 0 aromatic rings. The average molecular weight is 279 g/mol. The van der Waals surface area contributed by atoms with Crippen molar-refractivity contribution in [3.8, 4) is 0 Å². The summed E-state index contributed by atoms with van der Waals surface area (Å²) in [5, 5.41) is 12.2. The van der Waals surface area contributed by atoms with Gasteiger partial charge in [-0.3, -0.25) is 4.79 Å². The fraction of sp³-hybridized carbons (Fsp3) is 0.923. The van der Waals surface area contributed by atoms with Crippen LogP contribution in [-0.2, 0) is 4.79 Å². The van der Waals surface area contributed by atoms with E-state index in [4.69, 9.17) is 0 Å². The monoisotopic (exact) mass is 279 g/mol. The first-order valence-corrected chi connectivity index (χ1v) is 6.49. The molecule has 19 heavy (non-hydrogen) atoms. The van der Waals surface area contributed by atoms with E-state index in [0.29, 0.717) is 12.8 Å². The van der Waals surface area contributed by atoms with Gasteiger partial charge in [-0.1, -0.05) is 20.8 Å². The molecule has 3 nitrogen and oxygen atoms in total. The molecule has 2 fully saturated rings. The van der Waals surface area contributed by atoms with Crippen molar-refractivity contribution in [3.05, 3.63) is 0 Å². The van der Waals surface area contributed by atoms with Crippen molar-refractivity contribution in [2.75, 3.05) is 6.54 Å². The van der Waals surface area contributed by atoms with E-state index in [2.05, 4.69) is 0 Å². The molecule has 0 heterocycles. The van der Waals surface area contributed by atoms with Crippen LogP contribution in [0.4, 0.5) is 13.2 Å². The standard InChI is InChI=1S/C13H20F3NO2/c1-10(2)11(3)4-5-12(10,6-8(11)18)9(19)17-7-13(14,15)16/h8,18H,4-7H2,1-3H3,(H,17,19). The lowest BCUT2D eigenvalue weighted by Crippen LogP contribution is -2.48. The van der Waals surface area contributed by atoms with E-state index in [0.717, 1.165) is 0 Å². The highest BCUT2D eigenvalue weighted by Crippen LogP contribution is 2.72. The third-order valence-corrected chi connectivity index (χ3v) is 5.86. The Morgan fingerprint density at radius 3 is 2.26 bits per heavy atom. The minimum Gasteiger partial charge on any atom is -0.393 e. The molecule has 3 atom stereocenters. The second-order valence-electron chi connectivity index (χ2n) is 6.64. The smallest absolute Gasteiger partial charge is 0.393 e. The third-order valence-electron chi connectivity index (χ3n) is 5.86. The normalized spacial score (nSPS) is 40.5. The number of aliphatic hydroxyl groups is 1. The maximum absolute atomic E-state index is 12.3. The number of aliphatic hydroxyl groups excluding tert-OH is 1. The van der Waals surface area contributed by atoms with Crippen LogP contribution in [0, 0.1) is 16.2 Å². The van der Waals surface area contributed by atoms with E-state index in [9.17, 15) is 23.1 Å². The number of rotatable bonds is 2. The highest BCUT2D eigenvalue weighted by Gasteiger charge is 2.72. The first-order chi connectivity index (χ1) is 8.46. The van der Waals surface area contributed by atoms with Gasteiger partial charge in [-0.05, 0) is 30.1 Å². The highest BCUT2D eigenvalue weighted by molar-refractivity contribution is 5.85. The summed E-state index contributed by atoms with van der Waals surface area (Å²) >= 11 is 0. The van der Waals surface area contributed by atoms with Crippen LogP contribution in [0.3, 0.4) is 0 Å². The number of carbonyl (C=O) groups excluding carboxylic acids is 1. The van der Waals surface area contributed by atoms with Crippen LogP contribution >= 0.6 is 0 Å². The number of carbonyl (C=O) groups is 1. The second kappa shape index (κ2) is 3.87. The minimum atomic E-state index is -4.41. The highest BCUT2D eigenvalue weighted by atomic mass is 19.4. The number of hydrogen-bond donors (Lipinski definition) is 2. The summed E-state index contributed by atoms with van der Waals surface area (Å²) in [6, 6.07) is 0. The van der Waals surface area contributed by atoms with Crippen molar-refractivity contribution in [2.24, 2.45) is 16.2 Å². The van der Waals surface area contributed by atoms with Gasteiger partial charge in [0.2, 0.25) is 5.91 Å². The third kappa shape index (κ3) is 1.79. The lowest BCUT2D eigenvalue weighted by atomic mass is 9.64. The molecule has 2 N–H and O–H groups in total. The van der Waals surface area contributed by atoms with E-state index < -0.39 is 41.0 Å². The maximum Gasteiger partial charge on any atom is 0.405 e. The molecular formula is C13H20F3NO2. The first kappa shape index (κ1) is 14.6. The Hall–Kier alpha value is -0.780. The molecular weight excluding hydrogens is 259 g/mol. The number of fused-ring (bicyclic) bond motifs is 2. The summed E-state index contributed by atoms with van der Waals surface area (Å²) < 4.78 is 36.7. The number of alkyl halides is 3. The molecule has 0 radical (unpaired) electrons. The van der Waals surface area contributed by atoms with E-state index >= 15 is 0 Å². The molecule has 0 saturated heterocycles. The predicted molar refractivity (Wildman–Crippen MR) is 63.2 cm³/mol. The van der Waals surface area contributed by atoms with Crippen LogP contribution in [0.5, 0.6) is 0 Å². The zero-order valence-electron chi connectivity index (χ0n) is 11.4. The van der Waals surface area contributed by atoms with E-state index in [1.807, 2.05) is 26.1 Å². The summed E-state index contributed by atoms with van der Waals surface area (Å²) in [6.07, 6.45) is -3.58. The summed E-state index contributed by atoms with van der Waals surface area (Å²) in [6.45, 7) is 4.37. The quantitative estimate of drug-likeness (QED) is 0.814. The molecule has 2 aliphatic rings. The molecule has 6 heteroatoms. The Morgan fingerprint density at radius 1 is 1.32 bits per heavy atom. The van der Waals surface area contributed by atoms with Gasteiger partial charge in [0.25, 0.3) is 0 Å². The predicted octanol–water partition coefficient (Wildman–Crippen LogP) is 2.24. The van der Waals surface area contributed by atoms with Crippen LogP contribution < -0.4 is 5.32 Å². The molecule has 2 bridgehead atoms. The minimum absolute atomic E-state index is 0.250. The van der Waals surface area contributed by atoms with Gasteiger partial charge in [0.05, 0.1) is 11.5 Å². The van der Waals surface area contributed by atoms with E-state index in [1.54, 1.807) is 0 Å². The van der Waals surface area contributed by atoms with Gasteiger partial charge in [0.1, 0.15) is 6.54 Å². The SMILES string of the molecule is CC12CCC(C(=O)NCC(F)(F)F)(CC1O)C2(C)C. The Kier molecular flexibility index (Phi) is 2.98. The summed E-state index contributed by atoms with van der Waals surface area (Å²) in [4.78, 5) is 12.3. The summed E-state index contributed by atoms with van der Waals surface area (Å²) in [7, 11) is 0. The number of nitrogens with one attached hydrogen (secondary N) is 1. The van der Waals surface area contributed by atoms with Crippen molar-refractivity contribution in [1.29, 1.82) is 0 Å². The van der Waals surface area contributed by atoms with E-state index in [1.165, 1.54) is 0 Å². The molecule has 0 aliphatic heterocycles. The average Bonchev–Trinajstić information content (AvgIpc) is 2.55. The molecule has 0 aromatic carbocycles. The Morgan fingerprint density at radius 2 is 1.89 bits per heavy atom. The summed E-state index contributed by atoms with van der Waals surface area (Å²) in [5.41, 5.74) is -1.79. The summed E-state index contributed by atoms with van der Waals surface area (Å²) in [5.74, 6) is -0.574. The fourth-order valence-corrected chi connectivity index (χ4v) is 3.98. The number of amides is 1. The van der Waals surface area contributed by atoms with Crippen molar-refractivity contribution in [3.63, 3.8) is 0 Å². The number of hydrogen-bond acceptors (Lipinski definition) is 2. The molecule has 0 spiro atoms. The topological polar surface area (TPSA) is 49.3 Å². The van der Waals surface area contributed by atoms with Crippen LogP contribution in [0.1, 0.15) is 40.0 Å². The van der Waals surface area contributed by atoms with Crippen molar-refractivity contribution in [2.45, 2.75) is 52.3 Å². The van der Waals surface area contributed by atoms with Crippen LogP contribution in [0.25, 0.3) is 0 Å². The van der Waals surface area contributed by atoms with Crippen molar-refractivity contribution in [1.82, 2.24) is 5.32 Å². The molecule has 2 saturated carbocycles. The molecule has 2 rings (SSSR count). The maximum atomic E-state index is 12.3. The Labute approximate surface area is 110 Å². The molecule has 3 unspecified atom stereocenters. The van der Waals surface area contributed by atoms with Gasteiger partial charge in [-0.25, -0.2) is 0 Å². The zero-order chi connectivity index (χ0) is 14.7. The van der Waals surface area contributed by atoms with Gasteiger partial charge >= 0.3 is 6.18 Å². The first-order valence-electron chi connectivity index (χ1n) is 6.49. The largest absolute Gasteiger partial charge is 0.405 e. The second-order valence-corrected chi connectivity index (χ2v) is 6.64. The van der Waals surface area contributed by atoms with Crippen molar-refractivity contribution >= 4 is 5.91 Å². The van der Waals surface area contributed by atoms with Gasteiger partial charge < -0.3 is 10.4 Å². The zero-order valence-corrected chi connectivity index (χ0v) is 11.4. The van der Waals surface area contributed by atoms with Gasteiger partial charge in [0, 0.05) is 0 Å². The lowest BCUT2D eigenvalue weighted by Gasteiger charge is -2.40. The van der Waals surface area contributed by atoms with Crippen LogP contribution in [0.15, 0.2) is 0 Å². The fourth-order valence-electron chi connectivity index (χ4n) is 3.98. The van der Waals surface area contributed by atoms with Crippen LogP contribution in [-0.4, -0.2) is 29.8 Å². The van der Waals surface area contributed by atoms with E-state index in [-0.39, 0.29) is 6.42 Å². The van der Waals surface area contributed by atoms with Crippen LogP contribution in [0.2, 0.25) is 0 Å². The molecule has 2 aliphatic carbocycles. The lowest BCUT2D eigenvalue weighted by molar-refractivity contribution is -0.148. The van der Waals surface area contributed by atoms with Gasteiger partial charge in [0.15, 0.2) is 0 Å².